The molecule has 4 aromatic rings. The molecule has 0 saturated carbocycles. The lowest BCUT2D eigenvalue weighted by atomic mass is 10.0. The lowest BCUT2D eigenvalue weighted by Gasteiger charge is -2.10. The van der Waals surface area contributed by atoms with Gasteiger partial charge in [0.15, 0.2) is 5.52 Å². The van der Waals surface area contributed by atoms with Crippen molar-refractivity contribution in [1.29, 1.82) is 0 Å². The number of nitrogen functional groups attached to an aromatic ring is 1. The Morgan fingerprint density at radius 3 is 1.96 bits per heavy atom. The van der Waals surface area contributed by atoms with Crippen molar-refractivity contribution in [2.45, 2.75) is 19.8 Å². The second-order valence-electron chi connectivity index (χ2n) is 6.42. The van der Waals surface area contributed by atoms with Gasteiger partial charge in [0.05, 0.1) is 18.0 Å². The average molecular weight is 358 g/mol. The summed E-state index contributed by atoms with van der Waals surface area (Å²) in [4.78, 5) is 12.9. The molecule has 0 amide bonds. The molecule has 2 heterocycles. The van der Waals surface area contributed by atoms with Gasteiger partial charge in [0, 0.05) is 11.1 Å². The van der Waals surface area contributed by atoms with Crippen LogP contribution in [0.1, 0.15) is 19.8 Å². The number of nitrogens with one attached hydrogen (secondary N) is 1. The van der Waals surface area contributed by atoms with Gasteiger partial charge in [-0.2, -0.15) is 0 Å². The smallest absolute Gasteiger partial charge is 0.221 e. The van der Waals surface area contributed by atoms with E-state index in [1.54, 1.807) is 0 Å². The highest BCUT2D eigenvalue weighted by Gasteiger charge is 2.19. The normalized spacial score (nSPS) is 11.0. The summed E-state index contributed by atoms with van der Waals surface area (Å²) in [6, 6.07) is 20.1. The molecule has 136 valence electrons. The summed E-state index contributed by atoms with van der Waals surface area (Å²) < 4.78 is 5.88. The number of nitrogens with two attached hydrogens (primary N) is 1. The van der Waals surface area contributed by atoms with E-state index in [9.17, 15) is 0 Å². The van der Waals surface area contributed by atoms with E-state index in [4.69, 9.17) is 20.4 Å². The fourth-order valence-corrected chi connectivity index (χ4v) is 3.04. The second-order valence-corrected chi connectivity index (χ2v) is 6.42. The first-order valence-corrected chi connectivity index (χ1v) is 9.20. The SMILES string of the molecule is CCCCOc1[nH]c(N)c2nc(-c3ccccc3)c(-c3ccccc3)nc12. The van der Waals surface area contributed by atoms with E-state index in [0.29, 0.717) is 29.3 Å². The zero-order valence-electron chi connectivity index (χ0n) is 15.3. The third-order valence-electron chi connectivity index (χ3n) is 4.45. The fraction of sp³-hybridized carbons (Fsp3) is 0.182. The third-order valence-corrected chi connectivity index (χ3v) is 4.45. The Labute approximate surface area is 158 Å². The van der Waals surface area contributed by atoms with Gasteiger partial charge in [0.2, 0.25) is 5.88 Å². The molecule has 27 heavy (non-hydrogen) atoms. The minimum atomic E-state index is 0.473. The molecule has 0 radical (unpaired) electrons. The number of hydrogen-bond donors (Lipinski definition) is 2. The van der Waals surface area contributed by atoms with Crippen LogP contribution >= 0.6 is 0 Å². The van der Waals surface area contributed by atoms with Crippen LogP contribution in [0.5, 0.6) is 5.88 Å². The third kappa shape index (κ3) is 3.36. The van der Waals surface area contributed by atoms with Crippen LogP contribution in [0.2, 0.25) is 0 Å². The number of benzene rings is 2. The summed E-state index contributed by atoms with van der Waals surface area (Å²) in [5, 5.41) is 0. The van der Waals surface area contributed by atoms with E-state index in [1.807, 2.05) is 60.7 Å². The van der Waals surface area contributed by atoms with Crippen LogP contribution in [0.4, 0.5) is 5.82 Å². The Kier molecular flexibility index (Phi) is 4.75. The van der Waals surface area contributed by atoms with Gasteiger partial charge in [0.1, 0.15) is 11.3 Å². The summed E-state index contributed by atoms with van der Waals surface area (Å²) in [5.41, 5.74) is 11.1. The number of unbranched alkanes of at least 4 members (excludes halogenated alkanes) is 1. The number of H-pyrrole nitrogens is 1. The molecular formula is C22H22N4O. The molecule has 4 rings (SSSR count). The van der Waals surface area contributed by atoms with Gasteiger partial charge in [-0.05, 0) is 6.42 Å². The fourth-order valence-electron chi connectivity index (χ4n) is 3.04. The maximum absolute atomic E-state index is 6.18. The van der Waals surface area contributed by atoms with Crippen molar-refractivity contribution in [2.75, 3.05) is 12.3 Å². The first-order valence-electron chi connectivity index (χ1n) is 9.20. The van der Waals surface area contributed by atoms with Gasteiger partial charge in [-0.3, -0.25) is 0 Å². The Morgan fingerprint density at radius 1 is 0.852 bits per heavy atom. The van der Waals surface area contributed by atoms with Crippen LogP contribution in [0.15, 0.2) is 60.7 Å². The number of nitrogens with zero attached hydrogens (tertiary/aromatic N) is 2. The lowest BCUT2D eigenvalue weighted by molar-refractivity contribution is 0.302. The van der Waals surface area contributed by atoms with Crippen molar-refractivity contribution in [2.24, 2.45) is 0 Å². The van der Waals surface area contributed by atoms with Gasteiger partial charge in [-0.15, -0.1) is 0 Å². The molecule has 0 aliphatic carbocycles. The first-order chi connectivity index (χ1) is 13.3. The van der Waals surface area contributed by atoms with Crippen LogP contribution in [-0.2, 0) is 0 Å². The quantitative estimate of drug-likeness (QED) is 0.473. The van der Waals surface area contributed by atoms with E-state index in [2.05, 4.69) is 11.9 Å². The maximum Gasteiger partial charge on any atom is 0.221 e. The number of ether oxygens (including phenoxy) is 1. The molecule has 0 fully saturated rings. The average Bonchev–Trinajstić information content (AvgIpc) is 3.03. The highest BCUT2D eigenvalue weighted by atomic mass is 16.5. The molecular weight excluding hydrogens is 336 g/mol. The summed E-state index contributed by atoms with van der Waals surface area (Å²) in [5.74, 6) is 1.06. The van der Waals surface area contributed by atoms with Gasteiger partial charge in [0.25, 0.3) is 0 Å². The molecule has 0 unspecified atom stereocenters. The minimum absolute atomic E-state index is 0.473. The molecule has 0 aliphatic heterocycles. The van der Waals surface area contributed by atoms with Crippen LogP contribution < -0.4 is 10.5 Å². The molecule has 2 aromatic heterocycles. The Hall–Kier alpha value is -3.34. The van der Waals surface area contributed by atoms with Gasteiger partial charge < -0.3 is 15.5 Å². The first kappa shape index (κ1) is 17.1. The molecule has 0 atom stereocenters. The highest BCUT2D eigenvalue weighted by molar-refractivity contribution is 5.95. The van der Waals surface area contributed by atoms with Crippen molar-refractivity contribution in [1.82, 2.24) is 15.0 Å². The van der Waals surface area contributed by atoms with E-state index in [-0.39, 0.29) is 0 Å². The number of anilines is 1. The van der Waals surface area contributed by atoms with Gasteiger partial charge >= 0.3 is 0 Å². The van der Waals surface area contributed by atoms with E-state index < -0.39 is 0 Å². The number of aromatic nitrogens is 3. The molecule has 5 heteroatoms. The van der Waals surface area contributed by atoms with Crippen molar-refractivity contribution >= 4 is 16.9 Å². The topological polar surface area (TPSA) is 76.8 Å². The lowest BCUT2D eigenvalue weighted by Crippen LogP contribution is -1.99. The number of rotatable bonds is 6. The zero-order chi connectivity index (χ0) is 18.6. The Bertz CT molecular complexity index is 1040. The monoisotopic (exact) mass is 358 g/mol. The number of hydrogen-bond acceptors (Lipinski definition) is 4. The highest BCUT2D eigenvalue weighted by Crippen LogP contribution is 2.35. The molecule has 3 N–H and O–H groups in total. The number of aromatic amines is 1. The standard InChI is InChI=1S/C22H22N4O/c1-2-3-14-27-22-20-19(21(23)26-22)24-17(15-10-6-4-7-11-15)18(25-20)16-12-8-5-9-13-16/h4-13,26H,2-3,14,23H2,1H3. The van der Waals surface area contributed by atoms with Gasteiger partial charge in [-0.25, -0.2) is 9.97 Å². The maximum atomic E-state index is 6.18. The Morgan fingerprint density at radius 2 is 1.41 bits per heavy atom. The number of fused-ring (bicyclic) bond motifs is 1. The van der Waals surface area contributed by atoms with Crippen LogP contribution in [-0.4, -0.2) is 21.6 Å². The van der Waals surface area contributed by atoms with Crippen molar-refractivity contribution in [3.63, 3.8) is 0 Å². The van der Waals surface area contributed by atoms with Crippen LogP contribution in [0.3, 0.4) is 0 Å². The van der Waals surface area contributed by atoms with Crippen LogP contribution in [0, 0.1) is 0 Å². The van der Waals surface area contributed by atoms with Crippen molar-refractivity contribution in [3.8, 4) is 28.4 Å². The molecule has 2 aromatic carbocycles. The Balaban J connectivity index is 1.92. The largest absolute Gasteiger partial charge is 0.477 e. The molecule has 0 saturated heterocycles. The minimum Gasteiger partial charge on any atom is -0.477 e. The van der Waals surface area contributed by atoms with Crippen molar-refractivity contribution in [3.05, 3.63) is 60.7 Å². The summed E-state index contributed by atoms with van der Waals surface area (Å²) in [7, 11) is 0. The predicted molar refractivity (Wildman–Crippen MR) is 110 cm³/mol. The van der Waals surface area contributed by atoms with E-state index in [1.165, 1.54) is 0 Å². The molecule has 0 spiro atoms. The summed E-state index contributed by atoms with van der Waals surface area (Å²) >= 11 is 0. The van der Waals surface area contributed by atoms with Crippen LogP contribution in [0.25, 0.3) is 33.5 Å². The molecule has 5 nitrogen and oxygen atoms in total. The molecule has 0 bridgehead atoms. The molecule has 0 aliphatic rings. The second kappa shape index (κ2) is 7.50. The van der Waals surface area contributed by atoms with E-state index >= 15 is 0 Å². The predicted octanol–water partition coefficient (Wildman–Crippen LogP) is 5.05. The summed E-state index contributed by atoms with van der Waals surface area (Å²) in [6.07, 6.45) is 2.04. The zero-order valence-corrected chi connectivity index (χ0v) is 15.3. The van der Waals surface area contributed by atoms with Crippen molar-refractivity contribution < 1.29 is 4.74 Å². The van der Waals surface area contributed by atoms with E-state index in [0.717, 1.165) is 35.4 Å². The summed E-state index contributed by atoms with van der Waals surface area (Å²) in [6.45, 7) is 2.75. The van der Waals surface area contributed by atoms with Gasteiger partial charge in [-0.1, -0.05) is 74.0 Å².